The van der Waals surface area contributed by atoms with Crippen molar-refractivity contribution in [3.63, 3.8) is 0 Å². The molecule has 1 fully saturated rings. The summed E-state index contributed by atoms with van der Waals surface area (Å²) in [5, 5.41) is 6.52. The minimum Gasteiger partial charge on any atom is -0.355 e. The van der Waals surface area contributed by atoms with E-state index in [1.165, 1.54) is 11.1 Å². The third kappa shape index (κ3) is 4.27. The van der Waals surface area contributed by atoms with Gasteiger partial charge in [-0.1, -0.05) is 24.3 Å². The molecule has 4 rings (SSSR count). The van der Waals surface area contributed by atoms with Gasteiger partial charge in [0.15, 0.2) is 5.13 Å². The molecule has 5 nitrogen and oxygen atoms in total. The van der Waals surface area contributed by atoms with Crippen molar-refractivity contribution in [2.24, 2.45) is 0 Å². The van der Waals surface area contributed by atoms with Gasteiger partial charge in [0.05, 0.1) is 11.3 Å². The Balaban J connectivity index is 1.52. The lowest BCUT2D eigenvalue weighted by Gasteiger charge is -2.23. The summed E-state index contributed by atoms with van der Waals surface area (Å²) in [6.07, 6.45) is 2.78. The van der Waals surface area contributed by atoms with E-state index in [2.05, 4.69) is 41.2 Å². The van der Waals surface area contributed by atoms with E-state index in [0.717, 1.165) is 48.1 Å². The van der Waals surface area contributed by atoms with Gasteiger partial charge in [0.25, 0.3) is 5.91 Å². The molecule has 6 heteroatoms. The van der Waals surface area contributed by atoms with Crippen molar-refractivity contribution in [2.75, 3.05) is 36.4 Å². The monoisotopic (exact) mass is 406 g/mol. The Morgan fingerprint density at radius 1 is 1.00 bits per heavy atom. The van der Waals surface area contributed by atoms with Gasteiger partial charge in [-0.05, 0) is 49.6 Å². The second-order valence-corrected chi connectivity index (χ2v) is 8.24. The van der Waals surface area contributed by atoms with Gasteiger partial charge in [0.1, 0.15) is 0 Å². The minimum absolute atomic E-state index is 0.0828. The highest BCUT2D eigenvalue weighted by atomic mass is 32.1. The highest BCUT2D eigenvalue weighted by molar-refractivity contribution is 7.13. The number of benzene rings is 2. The number of nitrogens with one attached hydrogen (secondary N) is 1. The number of hydrogen-bond acceptors (Lipinski definition) is 5. The largest absolute Gasteiger partial charge is 0.355 e. The number of anilines is 3. The highest BCUT2D eigenvalue weighted by Gasteiger charge is 2.23. The van der Waals surface area contributed by atoms with Crippen LogP contribution in [-0.2, 0) is 0 Å². The topological polar surface area (TPSA) is 48.5 Å². The molecule has 1 aliphatic heterocycles. The van der Waals surface area contributed by atoms with Crippen molar-refractivity contribution < 1.29 is 4.79 Å². The molecule has 0 radical (unpaired) electrons. The van der Waals surface area contributed by atoms with E-state index in [4.69, 9.17) is 0 Å². The number of hydrogen-bond donors (Lipinski definition) is 1. The summed E-state index contributed by atoms with van der Waals surface area (Å²) in [5.41, 5.74) is 5.04. The summed E-state index contributed by atoms with van der Waals surface area (Å²) in [6.45, 7) is 7.41. The first-order valence-corrected chi connectivity index (χ1v) is 10.9. The Bertz CT molecular complexity index is 986. The number of amides is 1. The molecular weight excluding hydrogens is 380 g/mol. The van der Waals surface area contributed by atoms with Crippen LogP contribution in [0.25, 0.3) is 0 Å². The lowest BCUT2D eigenvalue weighted by molar-refractivity contribution is 0.0768. The summed E-state index contributed by atoms with van der Waals surface area (Å²) >= 11 is 1.65. The lowest BCUT2D eigenvalue weighted by Crippen LogP contribution is -2.35. The van der Waals surface area contributed by atoms with Crippen LogP contribution in [-0.4, -0.2) is 42.0 Å². The Morgan fingerprint density at radius 2 is 1.83 bits per heavy atom. The number of carbonyl (C=O) groups is 1. The number of carbonyl (C=O) groups excluding carboxylic acids is 1. The fourth-order valence-electron chi connectivity index (χ4n) is 3.66. The van der Waals surface area contributed by atoms with Crippen LogP contribution in [0.5, 0.6) is 0 Å². The van der Waals surface area contributed by atoms with Crippen molar-refractivity contribution in [3.05, 3.63) is 70.7 Å². The van der Waals surface area contributed by atoms with E-state index < -0.39 is 0 Å². The Labute approximate surface area is 176 Å². The number of para-hydroxylation sites is 1. The van der Waals surface area contributed by atoms with Crippen LogP contribution >= 0.6 is 11.3 Å². The van der Waals surface area contributed by atoms with Gasteiger partial charge >= 0.3 is 0 Å². The fourth-order valence-corrected chi connectivity index (χ4v) is 4.36. The Morgan fingerprint density at radius 3 is 2.66 bits per heavy atom. The second kappa shape index (κ2) is 8.66. The van der Waals surface area contributed by atoms with Gasteiger partial charge in [0, 0.05) is 43.4 Å². The van der Waals surface area contributed by atoms with E-state index in [-0.39, 0.29) is 5.91 Å². The zero-order chi connectivity index (χ0) is 20.2. The van der Waals surface area contributed by atoms with Gasteiger partial charge in [-0.25, -0.2) is 4.98 Å². The number of aryl methyl sites for hydroxylation is 1. The molecule has 3 aromatic rings. The molecule has 2 heterocycles. The molecule has 1 saturated heterocycles. The molecule has 1 amide bonds. The Kier molecular flexibility index (Phi) is 5.81. The molecule has 2 aromatic carbocycles. The van der Waals surface area contributed by atoms with Gasteiger partial charge < -0.3 is 15.1 Å². The van der Waals surface area contributed by atoms with E-state index >= 15 is 0 Å². The van der Waals surface area contributed by atoms with Crippen molar-refractivity contribution in [2.45, 2.75) is 20.3 Å². The van der Waals surface area contributed by atoms with Crippen LogP contribution in [0.2, 0.25) is 0 Å². The molecule has 1 aliphatic rings. The predicted molar refractivity (Wildman–Crippen MR) is 120 cm³/mol. The summed E-state index contributed by atoms with van der Waals surface area (Å²) in [7, 11) is 0. The smallest absolute Gasteiger partial charge is 0.256 e. The maximum Gasteiger partial charge on any atom is 0.256 e. The number of aromatic nitrogens is 1. The molecular formula is C23H26N4OS. The van der Waals surface area contributed by atoms with Crippen LogP contribution in [0.1, 0.15) is 27.9 Å². The number of nitrogens with zero attached hydrogens (tertiary/aromatic N) is 3. The summed E-state index contributed by atoms with van der Waals surface area (Å²) < 4.78 is 0. The first-order chi connectivity index (χ1) is 14.1. The first kappa shape index (κ1) is 19.5. The van der Waals surface area contributed by atoms with Crippen LogP contribution in [0, 0.1) is 13.8 Å². The van der Waals surface area contributed by atoms with Crippen molar-refractivity contribution in [1.82, 2.24) is 9.88 Å². The van der Waals surface area contributed by atoms with E-state index in [9.17, 15) is 4.79 Å². The van der Waals surface area contributed by atoms with Gasteiger partial charge in [-0.15, -0.1) is 11.3 Å². The lowest BCUT2D eigenvalue weighted by atomic mass is 10.1. The van der Waals surface area contributed by atoms with Crippen molar-refractivity contribution in [1.29, 1.82) is 0 Å². The molecule has 0 atom stereocenters. The molecule has 29 heavy (non-hydrogen) atoms. The van der Waals surface area contributed by atoms with E-state index in [1.807, 2.05) is 46.8 Å². The molecule has 0 unspecified atom stereocenters. The quantitative estimate of drug-likeness (QED) is 0.672. The summed E-state index contributed by atoms with van der Waals surface area (Å²) in [6, 6.07) is 14.0. The van der Waals surface area contributed by atoms with Crippen LogP contribution < -0.4 is 10.2 Å². The molecule has 1 N–H and O–H groups in total. The average Bonchev–Trinajstić information content (AvgIpc) is 3.16. The first-order valence-electron chi connectivity index (χ1n) is 9.99. The van der Waals surface area contributed by atoms with Crippen LogP contribution in [0.4, 0.5) is 16.5 Å². The maximum absolute atomic E-state index is 13.4. The third-order valence-electron chi connectivity index (χ3n) is 5.50. The molecule has 1 aromatic heterocycles. The third-order valence-corrected chi connectivity index (χ3v) is 6.34. The van der Waals surface area contributed by atoms with Crippen LogP contribution in [0.15, 0.2) is 54.0 Å². The summed E-state index contributed by atoms with van der Waals surface area (Å²) in [5.74, 6) is 0.0828. The highest BCUT2D eigenvalue weighted by Crippen LogP contribution is 2.27. The summed E-state index contributed by atoms with van der Waals surface area (Å²) in [4.78, 5) is 22.0. The minimum atomic E-state index is 0.0828. The molecule has 0 spiro atoms. The molecule has 0 bridgehead atoms. The van der Waals surface area contributed by atoms with Gasteiger partial charge in [0.2, 0.25) is 0 Å². The maximum atomic E-state index is 13.4. The molecule has 0 saturated carbocycles. The zero-order valence-corrected chi connectivity index (χ0v) is 17.7. The number of thiazole rings is 1. The zero-order valence-electron chi connectivity index (χ0n) is 16.9. The van der Waals surface area contributed by atoms with Gasteiger partial charge in [-0.3, -0.25) is 4.79 Å². The fraction of sp³-hybridized carbons (Fsp3) is 0.304. The predicted octanol–water partition coefficient (Wildman–Crippen LogP) is 4.86. The number of rotatable bonds is 4. The molecule has 0 aliphatic carbocycles. The normalized spacial score (nSPS) is 14.6. The second-order valence-electron chi connectivity index (χ2n) is 7.37. The van der Waals surface area contributed by atoms with E-state index in [1.54, 1.807) is 11.3 Å². The van der Waals surface area contributed by atoms with E-state index in [0.29, 0.717) is 6.54 Å². The Hall–Kier alpha value is -2.86. The molecule has 150 valence electrons. The average molecular weight is 407 g/mol. The van der Waals surface area contributed by atoms with Crippen molar-refractivity contribution >= 4 is 33.8 Å². The standard InChI is InChI=1S/C23H26N4OS/c1-17-7-5-10-20(18(17)2)25-21-9-4-3-8-19(21)22(28)26-12-6-13-27(15-14-26)23-24-11-16-29-23/h3-5,7-11,16,25H,6,12-15H2,1-2H3. The SMILES string of the molecule is Cc1cccc(Nc2ccccc2C(=O)N2CCCN(c3nccs3)CC2)c1C. The van der Waals surface area contributed by atoms with Gasteiger partial charge in [-0.2, -0.15) is 0 Å². The van der Waals surface area contributed by atoms with Crippen LogP contribution in [0.3, 0.4) is 0 Å². The van der Waals surface area contributed by atoms with Crippen molar-refractivity contribution in [3.8, 4) is 0 Å².